The first kappa shape index (κ1) is 18.9. The SMILES string of the molecule is CCCOc1cc(/C=N\Nc2nc(-c3ccccc3)c(C)s2)ccc1OC. The van der Waals surface area contributed by atoms with Gasteiger partial charge in [0, 0.05) is 10.4 Å². The predicted octanol–water partition coefficient (Wildman–Crippen LogP) is 5.36. The third kappa shape index (κ3) is 4.86. The average Bonchev–Trinajstić information content (AvgIpc) is 3.07. The number of aryl methyl sites for hydroxylation is 1. The predicted molar refractivity (Wildman–Crippen MR) is 112 cm³/mol. The summed E-state index contributed by atoms with van der Waals surface area (Å²) in [6.07, 6.45) is 2.69. The first-order valence-electron chi connectivity index (χ1n) is 8.84. The van der Waals surface area contributed by atoms with Gasteiger partial charge < -0.3 is 9.47 Å². The highest BCUT2D eigenvalue weighted by molar-refractivity contribution is 7.15. The Morgan fingerprint density at radius 3 is 2.70 bits per heavy atom. The molecule has 27 heavy (non-hydrogen) atoms. The van der Waals surface area contributed by atoms with E-state index in [2.05, 4.69) is 41.5 Å². The summed E-state index contributed by atoms with van der Waals surface area (Å²) >= 11 is 1.58. The van der Waals surface area contributed by atoms with Gasteiger partial charge in [-0.05, 0) is 37.1 Å². The highest BCUT2D eigenvalue weighted by Gasteiger charge is 2.09. The van der Waals surface area contributed by atoms with Gasteiger partial charge in [0.25, 0.3) is 0 Å². The van der Waals surface area contributed by atoms with Crippen LogP contribution < -0.4 is 14.9 Å². The Morgan fingerprint density at radius 1 is 1.15 bits per heavy atom. The van der Waals surface area contributed by atoms with Gasteiger partial charge in [-0.1, -0.05) is 37.3 Å². The van der Waals surface area contributed by atoms with Crippen molar-refractivity contribution in [1.82, 2.24) is 4.98 Å². The van der Waals surface area contributed by atoms with Crippen LogP contribution in [0.25, 0.3) is 11.3 Å². The molecule has 0 atom stereocenters. The summed E-state index contributed by atoms with van der Waals surface area (Å²) in [6, 6.07) is 15.9. The lowest BCUT2D eigenvalue weighted by Gasteiger charge is -2.10. The average molecular weight is 382 g/mol. The summed E-state index contributed by atoms with van der Waals surface area (Å²) in [5, 5.41) is 5.08. The number of benzene rings is 2. The molecule has 0 saturated heterocycles. The number of methoxy groups -OCH3 is 1. The monoisotopic (exact) mass is 381 g/mol. The van der Waals surface area contributed by atoms with E-state index in [-0.39, 0.29) is 0 Å². The summed E-state index contributed by atoms with van der Waals surface area (Å²) in [6.45, 7) is 4.78. The fraction of sp³-hybridized carbons (Fsp3) is 0.238. The molecule has 3 rings (SSSR count). The Morgan fingerprint density at radius 2 is 1.96 bits per heavy atom. The highest BCUT2D eigenvalue weighted by atomic mass is 32.1. The number of hydrogen-bond acceptors (Lipinski definition) is 6. The zero-order valence-electron chi connectivity index (χ0n) is 15.7. The molecule has 3 aromatic rings. The van der Waals surface area contributed by atoms with E-state index in [1.807, 2.05) is 36.4 Å². The van der Waals surface area contributed by atoms with E-state index in [4.69, 9.17) is 9.47 Å². The van der Waals surface area contributed by atoms with Gasteiger partial charge in [0.05, 0.1) is 25.6 Å². The lowest BCUT2D eigenvalue weighted by Crippen LogP contribution is -1.99. The molecule has 0 aliphatic rings. The van der Waals surface area contributed by atoms with E-state index >= 15 is 0 Å². The van der Waals surface area contributed by atoms with E-state index in [0.717, 1.165) is 44.7 Å². The highest BCUT2D eigenvalue weighted by Crippen LogP contribution is 2.30. The fourth-order valence-electron chi connectivity index (χ4n) is 2.57. The van der Waals surface area contributed by atoms with E-state index in [1.165, 1.54) is 0 Å². The molecule has 0 spiro atoms. The lowest BCUT2D eigenvalue weighted by molar-refractivity contribution is 0.294. The normalized spacial score (nSPS) is 10.9. The Bertz CT molecular complexity index is 907. The minimum absolute atomic E-state index is 0.649. The Kier molecular flexibility index (Phi) is 6.44. The number of aromatic nitrogens is 1. The number of nitrogens with zero attached hydrogens (tertiary/aromatic N) is 2. The van der Waals surface area contributed by atoms with Gasteiger partial charge in [-0.3, -0.25) is 5.43 Å². The van der Waals surface area contributed by atoms with E-state index in [0.29, 0.717) is 6.61 Å². The van der Waals surface area contributed by atoms with Gasteiger partial charge in [0.2, 0.25) is 5.13 Å². The van der Waals surface area contributed by atoms with Crippen molar-refractivity contribution in [3.8, 4) is 22.8 Å². The smallest absolute Gasteiger partial charge is 0.204 e. The lowest BCUT2D eigenvalue weighted by atomic mass is 10.1. The summed E-state index contributed by atoms with van der Waals surface area (Å²) < 4.78 is 11.1. The maximum atomic E-state index is 5.73. The first-order valence-corrected chi connectivity index (χ1v) is 9.65. The minimum Gasteiger partial charge on any atom is -0.493 e. The molecule has 5 nitrogen and oxygen atoms in total. The molecule has 0 aliphatic heterocycles. The second kappa shape index (κ2) is 9.19. The molecule has 0 bridgehead atoms. The summed E-state index contributed by atoms with van der Waals surface area (Å²) in [5.74, 6) is 1.44. The number of hydrazone groups is 1. The molecule has 0 radical (unpaired) electrons. The van der Waals surface area contributed by atoms with Crippen LogP contribution in [0.5, 0.6) is 11.5 Å². The van der Waals surface area contributed by atoms with Crippen molar-refractivity contribution in [2.45, 2.75) is 20.3 Å². The van der Waals surface area contributed by atoms with Gasteiger partial charge in [-0.25, -0.2) is 4.98 Å². The van der Waals surface area contributed by atoms with Crippen LogP contribution in [0.3, 0.4) is 0 Å². The molecular weight excluding hydrogens is 358 g/mol. The van der Waals surface area contributed by atoms with Crippen LogP contribution in [0.2, 0.25) is 0 Å². The van der Waals surface area contributed by atoms with Gasteiger partial charge in [0.1, 0.15) is 0 Å². The van der Waals surface area contributed by atoms with Crippen molar-refractivity contribution in [2.24, 2.45) is 5.10 Å². The first-order chi connectivity index (χ1) is 13.2. The molecule has 1 heterocycles. The molecule has 0 aliphatic carbocycles. The molecule has 0 unspecified atom stereocenters. The minimum atomic E-state index is 0.649. The quantitative estimate of drug-likeness (QED) is 0.421. The molecule has 140 valence electrons. The van der Waals surface area contributed by atoms with E-state index < -0.39 is 0 Å². The number of ether oxygens (including phenoxy) is 2. The van der Waals surface area contributed by atoms with E-state index in [9.17, 15) is 0 Å². The van der Waals surface area contributed by atoms with Crippen LogP contribution in [0.15, 0.2) is 53.6 Å². The summed E-state index contributed by atoms with van der Waals surface area (Å²) in [4.78, 5) is 5.80. The van der Waals surface area contributed by atoms with Gasteiger partial charge in [-0.2, -0.15) is 5.10 Å². The van der Waals surface area contributed by atoms with Crippen LogP contribution >= 0.6 is 11.3 Å². The fourth-order valence-corrected chi connectivity index (χ4v) is 3.35. The van der Waals surface area contributed by atoms with Crippen molar-refractivity contribution >= 4 is 22.7 Å². The van der Waals surface area contributed by atoms with Crippen LogP contribution in [0, 0.1) is 6.92 Å². The molecule has 0 fully saturated rings. The molecule has 1 aromatic heterocycles. The Hall–Kier alpha value is -2.86. The summed E-state index contributed by atoms with van der Waals surface area (Å²) in [7, 11) is 1.64. The van der Waals surface area contributed by atoms with Crippen molar-refractivity contribution in [3.05, 3.63) is 59.0 Å². The number of anilines is 1. The number of rotatable bonds is 8. The van der Waals surface area contributed by atoms with Gasteiger partial charge in [-0.15, -0.1) is 11.3 Å². The summed E-state index contributed by atoms with van der Waals surface area (Å²) in [5.41, 5.74) is 6.03. The van der Waals surface area contributed by atoms with Crippen LogP contribution in [0.4, 0.5) is 5.13 Å². The Labute approximate surface area is 163 Å². The molecule has 2 aromatic carbocycles. The van der Waals surface area contributed by atoms with Crippen molar-refractivity contribution in [2.75, 3.05) is 19.1 Å². The molecule has 6 heteroatoms. The molecule has 0 saturated carbocycles. The Balaban J connectivity index is 1.71. The zero-order chi connectivity index (χ0) is 19.1. The van der Waals surface area contributed by atoms with Crippen molar-refractivity contribution < 1.29 is 9.47 Å². The maximum Gasteiger partial charge on any atom is 0.204 e. The van der Waals surface area contributed by atoms with Crippen molar-refractivity contribution in [1.29, 1.82) is 0 Å². The van der Waals surface area contributed by atoms with E-state index in [1.54, 1.807) is 24.7 Å². The number of thiazole rings is 1. The molecule has 1 N–H and O–H groups in total. The standard InChI is InChI=1S/C21H23N3O2S/c1-4-12-26-19-13-16(10-11-18(19)25-3)14-22-24-21-23-20(15(2)27-21)17-8-6-5-7-9-17/h5-11,13-14H,4,12H2,1-3H3,(H,23,24)/b22-14-. The third-order valence-electron chi connectivity index (χ3n) is 3.87. The third-order valence-corrected chi connectivity index (χ3v) is 4.74. The van der Waals surface area contributed by atoms with Gasteiger partial charge in [0.15, 0.2) is 11.5 Å². The van der Waals surface area contributed by atoms with Gasteiger partial charge >= 0.3 is 0 Å². The zero-order valence-corrected chi connectivity index (χ0v) is 16.5. The van der Waals surface area contributed by atoms with Crippen molar-refractivity contribution in [3.63, 3.8) is 0 Å². The van der Waals surface area contributed by atoms with Crippen LogP contribution in [0.1, 0.15) is 23.8 Å². The molecular formula is C21H23N3O2S. The van der Waals surface area contributed by atoms with Crippen LogP contribution in [-0.2, 0) is 0 Å². The largest absolute Gasteiger partial charge is 0.493 e. The topological polar surface area (TPSA) is 55.7 Å². The van der Waals surface area contributed by atoms with Crippen LogP contribution in [-0.4, -0.2) is 24.9 Å². The number of hydrogen-bond donors (Lipinski definition) is 1. The number of nitrogens with one attached hydrogen (secondary N) is 1. The maximum absolute atomic E-state index is 5.73. The molecule has 0 amide bonds. The second-order valence-corrected chi connectivity index (χ2v) is 7.12. The second-order valence-electron chi connectivity index (χ2n) is 5.92.